The first-order valence-corrected chi connectivity index (χ1v) is 9.42. The molecule has 0 aromatic carbocycles. The van der Waals surface area contributed by atoms with Gasteiger partial charge in [0.25, 0.3) is 0 Å². The number of hydrogen-bond acceptors (Lipinski definition) is 7. The Balaban J connectivity index is 1.83. The molecule has 2 N–H and O–H groups in total. The second-order valence-electron chi connectivity index (χ2n) is 7.38. The SMILES string of the molecule is CNCC1CN(c2nc3c(cc2F)c(=O)c(C(=O)O)cn3C2CC2)C/C1=N/OC. The van der Waals surface area contributed by atoms with Crippen LogP contribution in [0.5, 0.6) is 0 Å². The van der Waals surface area contributed by atoms with Crippen LogP contribution in [-0.4, -0.2) is 60.1 Å². The minimum absolute atomic E-state index is 0.0187. The van der Waals surface area contributed by atoms with Gasteiger partial charge in [-0.25, -0.2) is 14.2 Å². The van der Waals surface area contributed by atoms with Crippen molar-refractivity contribution in [3.05, 3.63) is 33.9 Å². The number of oxime groups is 1. The number of anilines is 1. The van der Waals surface area contributed by atoms with E-state index in [0.717, 1.165) is 24.6 Å². The molecule has 2 aromatic heterocycles. The van der Waals surface area contributed by atoms with Crippen LogP contribution in [0.4, 0.5) is 10.2 Å². The molecule has 29 heavy (non-hydrogen) atoms. The zero-order valence-corrected chi connectivity index (χ0v) is 16.2. The number of carbonyl (C=O) groups is 1. The van der Waals surface area contributed by atoms with E-state index in [0.29, 0.717) is 25.3 Å². The number of fused-ring (bicyclic) bond motifs is 1. The van der Waals surface area contributed by atoms with Crippen LogP contribution in [0.3, 0.4) is 0 Å². The van der Waals surface area contributed by atoms with Gasteiger partial charge in [0.1, 0.15) is 18.3 Å². The van der Waals surface area contributed by atoms with Gasteiger partial charge in [-0.15, -0.1) is 0 Å². The number of carboxylic acid groups (broad SMARTS) is 1. The van der Waals surface area contributed by atoms with Gasteiger partial charge in [0, 0.05) is 31.2 Å². The van der Waals surface area contributed by atoms with Crippen molar-refractivity contribution in [1.29, 1.82) is 0 Å². The maximum Gasteiger partial charge on any atom is 0.341 e. The van der Waals surface area contributed by atoms with Gasteiger partial charge >= 0.3 is 5.97 Å². The molecule has 2 fully saturated rings. The third kappa shape index (κ3) is 3.44. The van der Waals surface area contributed by atoms with Crippen molar-refractivity contribution in [3.63, 3.8) is 0 Å². The minimum atomic E-state index is -1.33. The molecule has 1 atom stereocenters. The summed E-state index contributed by atoms with van der Waals surface area (Å²) in [6.07, 6.45) is 3.05. The number of aromatic nitrogens is 2. The first kappa shape index (κ1) is 19.3. The van der Waals surface area contributed by atoms with Crippen molar-refractivity contribution in [1.82, 2.24) is 14.9 Å². The minimum Gasteiger partial charge on any atom is -0.477 e. The van der Waals surface area contributed by atoms with Gasteiger partial charge in [0.05, 0.1) is 17.6 Å². The molecule has 9 nitrogen and oxygen atoms in total. The monoisotopic (exact) mass is 403 g/mol. The Labute approximate surface area is 165 Å². The van der Waals surface area contributed by atoms with Crippen molar-refractivity contribution in [2.45, 2.75) is 18.9 Å². The van der Waals surface area contributed by atoms with Crippen molar-refractivity contribution in [2.24, 2.45) is 11.1 Å². The fourth-order valence-corrected chi connectivity index (χ4v) is 3.81. The molecule has 2 aliphatic rings. The van der Waals surface area contributed by atoms with Gasteiger partial charge in [0.2, 0.25) is 5.43 Å². The second-order valence-corrected chi connectivity index (χ2v) is 7.38. The molecule has 154 valence electrons. The molecule has 1 saturated heterocycles. The largest absolute Gasteiger partial charge is 0.477 e. The number of carboxylic acids is 1. The molecule has 10 heteroatoms. The average molecular weight is 403 g/mol. The van der Waals surface area contributed by atoms with Crippen LogP contribution in [0.2, 0.25) is 0 Å². The zero-order chi connectivity index (χ0) is 20.7. The summed E-state index contributed by atoms with van der Waals surface area (Å²) in [5.41, 5.74) is -0.00765. The van der Waals surface area contributed by atoms with E-state index in [1.54, 1.807) is 9.47 Å². The molecule has 1 saturated carbocycles. The highest BCUT2D eigenvalue weighted by Gasteiger charge is 2.33. The molecule has 1 unspecified atom stereocenters. The van der Waals surface area contributed by atoms with Crippen LogP contribution < -0.4 is 15.6 Å². The smallest absolute Gasteiger partial charge is 0.341 e. The van der Waals surface area contributed by atoms with Crippen molar-refractivity contribution in [2.75, 3.05) is 38.7 Å². The van der Waals surface area contributed by atoms with Crippen LogP contribution in [-0.2, 0) is 4.84 Å². The molecule has 3 heterocycles. The topological polar surface area (TPSA) is 109 Å². The summed E-state index contributed by atoms with van der Waals surface area (Å²) in [5, 5.41) is 16.5. The summed E-state index contributed by atoms with van der Waals surface area (Å²) < 4.78 is 16.7. The standard InChI is InChI=1S/C19H22FN5O4/c1-21-6-10-7-24(9-15(10)23-29-2)18-14(20)5-12-16(26)13(19(27)28)8-25(11-3-4-11)17(12)22-18/h5,8,10-11,21H,3-4,6-7,9H2,1-2H3,(H,27,28)/b23-15-. The zero-order valence-electron chi connectivity index (χ0n) is 16.2. The number of hydrogen-bond donors (Lipinski definition) is 2. The molecule has 0 spiro atoms. The molecule has 0 bridgehead atoms. The summed E-state index contributed by atoms with van der Waals surface area (Å²) in [6.45, 7) is 1.51. The quantitative estimate of drug-likeness (QED) is 0.698. The number of rotatable bonds is 6. The predicted molar refractivity (Wildman–Crippen MR) is 105 cm³/mol. The van der Waals surface area contributed by atoms with Crippen LogP contribution >= 0.6 is 0 Å². The van der Waals surface area contributed by atoms with Gasteiger partial charge in [-0.05, 0) is 26.0 Å². The fraction of sp³-hybridized carbons (Fsp3) is 0.474. The maximum absolute atomic E-state index is 15.0. The van der Waals surface area contributed by atoms with E-state index in [-0.39, 0.29) is 28.7 Å². The highest BCUT2D eigenvalue weighted by molar-refractivity contribution is 5.95. The van der Waals surface area contributed by atoms with Crippen LogP contribution in [0, 0.1) is 11.7 Å². The number of halogens is 1. The van der Waals surface area contributed by atoms with Crippen LogP contribution in [0.25, 0.3) is 11.0 Å². The van der Waals surface area contributed by atoms with Gasteiger partial charge in [-0.3, -0.25) is 4.79 Å². The average Bonchev–Trinajstić information content (AvgIpc) is 3.45. The van der Waals surface area contributed by atoms with Crippen molar-refractivity contribution >= 4 is 28.5 Å². The molecular weight excluding hydrogens is 381 g/mol. The summed E-state index contributed by atoms with van der Waals surface area (Å²) in [6, 6.07) is 1.17. The highest BCUT2D eigenvalue weighted by Crippen LogP contribution is 2.37. The Morgan fingerprint density at radius 1 is 1.48 bits per heavy atom. The number of nitrogens with one attached hydrogen (secondary N) is 1. The third-order valence-electron chi connectivity index (χ3n) is 5.33. The van der Waals surface area contributed by atoms with E-state index >= 15 is 0 Å². The molecule has 0 radical (unpaired) electrons. The molecule has 4 rings (SSSR count). The first-order chi connectivity index (χ1) is 13.9. The number of pyridine rings is 2. The van der Waals surface area contributed by atoms with E-state index in [1.165, 1.54) is 13.3 Å². The predicted octanol–water partition coefficient (Wildman–Crippen LogP) is 1.23. The lowest BCUT2D eigenvalue weighted by molar-refractivity contribution is 0.0695. The Morgan fingerprint density at radius 2 is 2.24 bits per heavy atom. The Bertz CT molecular complexity index is 1060. The lowest BCUT2D eigenvalue weighted by Gasteiger charge is -2.19. The Kier molecular flexibility index (Phi) is 4.95. The summed E-state index contributed by atoms with van der Waals surface area (Å²) in [7, 11) is 3.30. The van der Waals surface area contributed by atoms with Gasteiger partial charge in [0.15, 0.2) is 11.6 Å². The second kappa shape index (κ2) is 7.43. The van der Waals surface area contributed by atoms with Crippen LogP contribution in [0.15, 0.2) is 22.2 Å². The molecule has 1 aliphatic heterocycles. The normalized spacial score (nSPS) is 20.6. The molecule has 0 amide bonds. The van der Waals surface area contributed by atoms with E-state index in [2.05, 4.69) is 15.5 Å². The summed E-state index contributed by atoms with van der Waals surface area (Å²) in [4.78, 5) is 35.2. The van der Waals surface area contributed by atoms with Gasteiger partial charge in [-0.2, -0.15) is 0 Å². The fourth-order valence-electron chi connectivity index (χ4n) is 3.81. The lowest BCUT2D eigenvalue weighted by Crippen LogP contribution is -2.27. The molecule has 1 aliphatic carbocycles. The number of nitrogens with zero attached hydrogens (tertiary/aromatic N) is 4. The molecule has 2 aromatic rings. The lowest BCUT2D eigenvalue weighted by atomic mass is 10.1. The van der Waals surface area contributed by atoms with Gasteiger partial charge < -0.3 is 24.7 Å². The van der Waals surface area contributed by atoms with E-state index in [4.69, 9.17) is 4.84 Å². The van der Waals surface area contributed by atoms with Crippen molar-refractivity contribution < 1.29 is 19.1 Å². The highest BCUT2D eigenvalue weighted by atomic mass is 19.1. The van der Waals surface area contributed by atoms with Crippen molar-refractivity contribution in [3.8, 4) is 0 Å². The molecular formula is C19H22FN5O4. The summed E-state index contributed by atoms with van der Waals surface area (Å²) >= 11 is 0. The van der Waals surface area contributed by atoms with Gasteiger partial charge in [-0.1, -0.05) is 5.16 Å². The van der Waals surface area contributed by atoms with E-state index < -0.39 is 17.2 Å². The Morgan fingerprint density at radius 3 is 2.86 bits per heavy atom. The van der Waals surface area contributed by atoms with Crippen LogP contribution in [0.1, 0.15) is 29.2 Å². The maximum atomic E-state index is 15.0. The summed E-state index contributed by atoms with van der Waals surface area (Å²) in [5.74, 6) is -1.83. The van der Waals surface area contributed by atoms with E-state index in [1.807, 2.05) is 7.05 Å². The van der Waals surface area contributed by atoms with E-state index in [9.17, 15) is 19.1 Å². The Hall–Kier alpha value is -3.01. The first-order valence-electron chi connectivity index (χ1n) is 9.42. The third-order valence-corrected chi connectivity index (χ3v) is 5.33. The number of aromatic carboxylic acids is 1.